The van der Waals surface area contributed by atoms with Gasteiger partial charge in [0.15, 0.2) is 22.6 Å². The van der Waals surface area contributed by atoms with Gasteiger partial charge in [0.1, 0.15) is 0 Å². The first-order chi connectivity index (χ1) is 15.8. The van der Waals surface area contributed by atoms with E-state index in [1.807, 2.05) is 0 Å². The van der Waals surface area contributed by atoms with Crippen LogP contribution in [0.2, 0.25) is 5.02 Å². The molecule has 4 aromatic rings. The Morgan fingerprint density at radius 1 is 1.06 bits per heavy atom. The van der Waals surface area contributed by atoms with E-state index in [9.17, 15) is 22.8 Å². The standard InChI is InChI=1S/C23H15ClF3N3O2S/c1-12-14(24)6-4-8-18(12)30-22(32)13-5-2-3-7-16(13)29-23(30)33-11-19(31)28-17-10-9-15(25)20(26)21(17)27/h2-10H,11H2,1H3,(H,28,31). The zero-order valence-corrected chi connectivity index (χ0v) is 18.6. The molecule has 5 nitrogen and oxygen atoms in total. The largest absolute Gasteiger partial charge is 0.323 e. The van der Waals surface area contributed by atoms with Gasteiger partial charge >= 0.3 is 0 Å². The number of carbonyl (C=O) groups is 1. The van der Waals surface area contributed by atoms with Crippen molar-refractivity contribution in [2.75, 3.05) is 11.1 Å². The lowest BCUT2D eigenvalue weighted by Crippen LogP contribution is -2.23. The first-order valence-corrected chi connectivity index (χ1v) is 11.0. The molecule has 1 amide bonds. The molecule has 0 unspecified atom stereocenters. The van der Waals surface area contributed by atoms with Crippen molar-refractivity contribution in [3.05, 3.63) is 93.0 Å². The summed E-state index contributed by atoms with van der Waals surface area (Å²) < 4.78 is 41.8. The zero-order valence-electron chi connectivity index (χ0n) is 17.0. The van der Waals surface area contributed by atoms with Crippen molar-refractivity contribution >= 4 is 45.9 Å². The van der Waals surface area contributed by atoms with Crippen molar-refractivity contribution in [2.45, 2.75) is 12.1 Å². The molecule has 33 heavy (non-hydrogen) atoms. The minimum Gasteiger partial charge on any atom is -0.323 e. The predicted molar refractivity (Wildman–Crippen MR) is 123 cm³/mol. The van der Waals surface area contributed by atoms with Gasteiger partial charge in [-0.2, -0.15) is 0 Å². The van der Waals surface area contributed by atoms with Gasteiger partial charge in [0.25, 0.3) is 5.56 Å². The molecule has 1 heterocycles. The van der Waals surface area contributed by atoms with Crippen LogP contribution in [0.25, 0.3) is 16.6 Å². The van der Waals surface area contributed by atoms with Crippen LogP contribution in [0.15, 0.2) is 64.5 Å². The summed E-state index contributed by atoms with van der Waals surface area (Å²) in [6.07, 6.45) is 0. The predicted octanol–water partition coefficient (Wildman–Crippen LogP) is 5.50. The van der Waals surface area contributed by atoms with Crippen LogP contribution in [-0.2, 0) is 4.79 Å². The molecule has 0 atom stereocenters. The summed E-state index contributed by atoms with van der Waals surface area (Å²) in [6, 6.07) is 13.5. The second-order valence-electron chi connectivity index (χ2n) is 7.00. The maximum absolute atomic E-state index is 13.9. The highest BCUT2D eigenvalue weighted by Crippen LogP contribution is 2.27. The van der Waals surface area contributed by atoms with Gasteiger partial charge in [-0.1, -0.05) is 41.6 Å². The van der Waals surface area contributed by atoms with Crippen molar-refractivity contribution in [3.8, 4) is 5.69 Å². The van der Waals surface area contributed by atoms with Crippen LogP contribution in [0.3, 0.4) is 0 Å². The van der Waals surface area contributed by atoms with Gasteiger partial charge in [0.05, 0.1) is 28.0 Å². The Balaban J connectivity index is 1.70. The number of hydrogen-bond acceptors (Lipinski definition) is 4. The summed E-state index contributed by atoms with van der Waals surface area (Å²) in [5, 5.41) is 3.25. The van der Waals surface area contributed by atoms with Crippen LogP contribution in [0.5, 0.6) is 0 Å². The van der Waals surface area contributed by atoms with Crippen molar-refractivity contribution in [3.63, 3.8) is 0 Å². The van der Waals surface area contributed by atoms with Crippen LogP contribution in [-0.4, -0.2) is 21.2 Å². The molecule has 1 aromatic heterocycles. The van der Waals surface area contributed by atoms with Crippen LogP contribution in [0.4, 0.5) is 18.9 Å². The summed E-state index contributed by atoms with van der Waals surface area (Å²) >= 11 is 7.18. The minimum atomic E-state index is -1.68. The maximum atomic E-state index is 13.9. The Labute approximate surface area is 195 Å². The van der Waals surface area contributed by atoms with Gasteiger partial charge in [0, 0.05) is 5.02 Å². The molecule has 0 saturated carbocycles. The number of aromatic nitrogens is 2. The lowest BCUT2D eigenvalue weighted by atomic mass is 10.2. The first-order valence-electron chi connectivity index (χ1n) is 9.61. The monoisotopic (exact) mass is 489 g/mol. The van der Waals surface area contributed by atoms with E-state index in [-0.39, 0.29) is 16.5 Å². The summed E-state index contributed by atoms with van der Waals surface area (Å²) in [4.78, 5) is 30.2. The number of anilines is 1. The number of amides is 1. The highest BCUT2D eigenvalue weighted by molar-refractivity contribution is 7.99. The fourth-order valence-corrected chi connectivity index (χ4v) is 4.17. The number of hydrogen-bond donors (Lipinski definition) is 1. The van der Waals surface area contributed by atoms with E-state index in [0.717, 1.165) is 17.8 Å². The molecule has 10 heteroatoms. The molecule has 4 rings (SSSR count). The number of fused-ring (bicyclic) bond motifs is 1. The van der Waals surface area contributed by atoms with Crippen molar-refractivity contribution in [1.82, 2.24) is 9.55 Å². The van der Waals surface area contributed by atoms with E-state index < -0.39 is 29.0 Å². The van der Waals surface area contributed by atoms with Crippen LogP contribution >= 0.6 is 23.4 Å². The number of carbonyl (C=O) groups excluding carboxylic acids is 1. The van der Waals surface area contributed by atoms with Gasteiger partial charge in [0.2, 0.25) is 5.91 Å². The third-order valence-electron chi connectivity index (χ3n) is 4.87. The summed E-state index contributed by atoms with van der Waals surface area (Å²) in [7, 11) is 0. The van der Waals surface area contributed by atoms with Crippen molar-refractivity contribution in [1.29, 1.82) is 0 Å². The molecule has 0 bridgehead atoms. The molecule has 0 aliphatic carbocycles. The minimum absolute atomic E-state index is 0.213. The van der Waals surface area contributed by atoms with Gasteiger partial charge < -0.3 is 5.32 Å². The third kappa shape index (κ3) is 4.46. The number of nitrogens with one attached hydrogen (secondary N) is 1. The molecule has 0 aliphatic heterocycles. The highest BCUT2D eigenvalue weighted by Gasteiger charge is 2.19. The Hall–Kier alpha value is -3.30. The van der Waals surface area contributed by atoms with E-state index >= 15 is 0 Å². The lowest BCUT2D eigenvalue weighted by Gasteiger charge is -2.16. The van der Waals surface area contributed by atoms with Gasteiger partial charge in [-0.3, -0.25) is 14.2 Å². The molecular formula is C23H15ClF3N3O2S. The molecule has 168 valence electrons. The Morgan fingerprint density at radius 3 is 2.61 bits per heavy atom. The van der Waals surface area contributed by atoms with Crippen LogP contribution in [0.1, 0.15) is 5.56 Å². The first kappa shape index (κ1) is 22.9. The molecular weight excluding hydrogens is 475 g/mol. The normalized spacial score (nSPS) is 11.1. The van der Waals surface area contributed by atoms with Gasteiger partial charge in [-0.15, -0.1) is 0 Å². The van der Waals surface area contributed by atoms with Crippen molar-refractivity contribution in [2.24, 2.45) is 0 Å². The number of nitrogens with zero attached hydrogens (tertiary/aromatic N) is 2. The summed E-state index contributed by atoms with van der Waals surface area (Å²) in [5.74, 6) is -5.50. The zero-order chi connectivity index (χ0) is 23.7. The Morgan fingerprint density at radius 2 is 1.82 bits per heavy atom. The highest BCUT2D eigenvalue weighted by atomic mass is 35.5. The molecule has 1 N–H and O–H groups in total. The topological polar surface area (TPSA) is 64.0 Å². The van der Waals surface area contributed by atoms with Gasteiger partial charge in [-0.25, -0.2) is 18.2 Å². The average Bonchev–Trinajstić information content (AvgIpc) is 2.80. The Bertz CT molecular complexity index is 1460. The Kier molecular flexibility index (Phi) is 6.44. The number of halogens is 4. The van der Waals surface area contributed by atoms with Crippen LogP contribution < -0.4 is 10.9 Å². The second-order valence-corrected chi connectivity index (χ2v) is 8.35. The molecule has 0 spiro atoms. The van der Waals surface area contributed by atoms with Gasteiger partial charge in [-0.05, 0) is 48.9 Å². The maximum Gasteiger partial charge on any atom is 0.266 e. The fourth-order valence-electron chi connectivity index (χ4n) is 3.20. The average molecular weight is 490 g/mol. The molecule has 0 aliphatic rings. The molecule has 0 radical (unpaired) electrons. The number of rotatable bonds is 5. The van der Waals surface area contributed by atoms with E-state index in [2.05, 4.69) is 10.3 Å². The number of thioether (sulfide) groups is 1. The van der Waals surface area contributed by atoms with E-state index in [4.69, 9.17) is 11.6 Å². The number of para-hydroxylation sites is 1. The second kappa shape index (κ2) is 9.29. The lowest BCUT2D eigenvalue weighted by molar-refractivity contribution is -0.113. The van der Waals surface area contributed by atoms with E-state index in [0.29, 0.717) is 33.2 Å². The molecule has 3 aromatic carbocycles. The van der Waals surface area contributed by atoms with Crippen LogP contribution in [0, 0.1) is 24.4 Å². The van der Waals surface area contributed by atoms with Crippen molar-refractivity contribution < 1.29 is 18.0 Å². The SMILES string of the molecule is Cc1c(Cl)cccc1-n1c(SCC(=O)Nc2ccc(F)c(F)c2F)nc2ccccc2c1=O. The van der Waals surface area contributed by atoms with E-state index in [1.54, 1.807) is 49.4 Å². The quantitative estimate of drug-likeness (QED) is 0.228. The van der Waals surface area contributed by atoms with E-state index in [1.165, 1.54) is 4.57 Å². The summed E-state index contributed by atoms with van der Waals surface area (Å²) in [6.45, 7) is 1.76. The smallest absolute Gasteiger partial charge is 0.266 e. The third-order valence-corrected chi connectivity index (χ3v) is 6.21. The fraction of sp³-hybridized carbons (Fsp3) is 0.0870. The summed E-state index contributed by atoms with van der Waals surface area (Å²) in [5.41, 5.74) is 0.747. The molecule has 0 fully saturated rings. The molecule has 0 saturated heterocycles. The number of benzene rings is 3.